The fourth-order valence-electron chi connectivity index (χ4n) is 0.854. The first-order chi connectivity index (χ1) is 3.91. The van der Waals surface area contributed by atoms with Crippen molar-refractivity contribution in [1.82, 2.24) is 0 Å². The quantitative estimate of drug-likeness (QED) is 0.253. The first-order valence-corrected chi connectivity index (χ1v) is 3.91. The van der Waals surface area contributed by atoms with Crippen molar-refractivity contribution in [2.75, 3.05) is 0 Å². The smallest absolute Gasteiger partial charge is 0.0772 e. The third-order valence-corrected chi connectivity index (χ3v) is 1.46. The second-order valence-corrected chi connectivity index (χ2v) is 2.41. The van der Waals surface area contributed by atoms with E-state index in [-0.39, 0.29) is 0 Å². The summed E-state index contributed by atoms with van der Waals surface area (Å²) < 4.78 is 0. The van der Waals surface area contributed by atoms with Crippen LogP contribution in [0, 0.1) is 0 Å². The second kappa shape index (κ2) is 7.39. The minimum atomic E-state index is 1.36. The molecular formula is C2H12B6. The molecular weight excluding hydrogens is 88.9 g/mol. The Kier molecular flexibility index (Phi) is 7.75. The monoisotopic (exact) mass is 102 g/mol. The van der Waals surface area contributed by atoms with E-state index in [1.165, 1.54) is 41.7 Å². The van der Waals surface area contributed by atoms with Crippen molar-refractivity contribution in [2.45, 2.75) is 13.2 Å². The molecule has 0 rings (SSSR count). The van der Waals surface area contributed by atoms with Gasteiger partial charge in [0.1, 0.15) is 0 Å². The summed E-state index contributed by atoms with van der Waals surface area (Å²) in [5, 5.41) is 0. The highest BCUT2D eigenvalue weighted by Gasteiger charge is 1.92. The number of hydrogen-bond donors (Lipinski definition) is 0. The van der Waals surface area contributed by atoms with Gasteiger partial charge in [0, 0.05) is 28.2 Å². The van der Waals surface area contributed by atoms with Crippen LogP contribution in [-0.4, -0.2) is 43.2 Å². The summed E-state index contributed by atoms with van der Waals surface area (Å²) in [5.74, 6) is 0. The topological polar surface area (TPSA) is 0 Å². The number of rotatable bonds is 5. The molecule has 0 aliphatic rings. The summed E-state index contributed by atoms with van der Waals surface area (Å²) in [6, 6.07) is 0. The van der Waals surface area contributed by atoms with Gasteiger partial charge in [-0.3, -0.25) is 0 Å². The van der Waals surface area contributed by atoms with Crippen molar-refractivity contribution in [3.8, 4) is 0 Å². The van der Waals surface area contributed by atoms with Crippen molar-refractivity contribution in [3.05, 3.63) is 0 Å². The zero-order chi connectivity index (χ0) is 6.24. The van der Waals surface area contributed by atoms with Gasteiger partial charge in [0.15, 0.2) is 0 Å². The molecule has 0 nitrogen and oxygen atoms in total. The molecule has 0 saturated heterocycles. The minimum Gasteiger partial charge on any atom is -0.0881 e. The SMILES string of the molecule is BBBBBBCC. The first kappa shape index (κ1) is 8.39. The van der Waals surface area contributed by atoms with Gasteiger partial charge < -0.3 is 0 Å². The summed E-state index contributed by atoms with van der Waals surface area (Å²) in [5.41, 5.74) is 0. The zero-order valence-electron chi connectivity index (χ0n) is 6.24. The van der Waals surface area contributed by atoms with Crippen molar-refractivity contribution in [3.63, 3.8) is 0 Å². The van der Waals surface area contributed by atoms with Crippen LogP contribution in [0.5, 0.6) is 0 Å². The standard InChI is InChI=1S/C2H12B6/c1-2-4-6-8-7-5-3/h4-8H,2-3H2,1H3. The molecule has 0 aliphatic heterocycles. The van der Waals surface area contributed by atoms with E-state index < -0.39 is 0 Å². The molecule has 0 amide bonds. The van der Waals surface area contributed by atoms with Gasteiger partial charge in [0.05, 0.1) is 14.9 Å². The third-order valence-electron chi connectivity index (χ3n) is 1.46. The highest BCUT2D eigenvalue weighted by atomic mass is 13.3. The molecule has 0 N–H and O–H groups in total. The lowest BCUT2D eigenvalue weighted by atomic mass is 8.98. The van der Waals surface area contributed by atoms with Gasteiger partial charge >= 0.3 is 0 Å². The lowest BCUT2D eigenvalue weighted by molar-refractivity contribution is 1.47. The second-order valence-electron chi connectivity index (χ2n) is 2.41. The molecule has 0 aromatic carbocycles. The van der Waals surface area contributed by atoms with Crippen LogP contribution in [-0.2, 0) is 0 Å². The van der Waals surface area contributed by atoms with E-state index in [9.17, 15) is 0 Å². The van der Waals surface area contributed by atoms with Gasteiger partial charge in [-0.25, -0.2) is 0 Å². The number of hydrogen-bond acceptors (Lipinski definition) is 0. The molecule has 0 fully saturated rings. The van der Waals surface area contributed by atoms with Crippen LogP contribution >= 0.6 is 0 Å². The van der Waals surface area contributed by atoms with Crippen LogP contribution in [0.25, 0.3) is 0 Å². The van der Waals surface area contributed by atoms with E-state index in [1.54, 1.807) is 0 Å². The summed E-state index contributed by atoms with van der Waals surface area (Å²) >= 11 is 0. The van der Waals surface area contributed by atoms with Gasteiger partial charge in [-0.1, -0.05) is 13.2 Å². The normalized spacial score (nSPS) is 7.12. The van der Waals surface area contributed by atoms with Gasteiger partial charge in [-0.15, -0.1) is 0 Å². The Labute approximate surface area is 57.1 Å². The van der Waals surface area contributed by atoms with Crippen LogP contribution < -0.4 is 0 Å². The maximum Gasteiger partial charge on any atom is 0.0772 e. The van der Waals surface area contributed by atoms with Crippen LogP contribution in [0.4, 0.5) is 0 Å². The summed E-state index contributed by atoms with van der Waals surface area (Å²) in [4.78, 5) is 0. The maximum absolute atomic E-state index is 2.26. The average Bonchev–Trinajstić information content (AvgIpc) is 1.81. The molecule has 0 bridgehead atoms. The first-order valence-electron chi connectivity index (χ1n) is 3.91. The van der Waals surface area contributed by atoms with E-state index in [2.05, 4.69) is 14.7 Å². The van der Waals surface area contributed by atoms with Crippen molar-refractivity contribution < 1.29 is 0 Å². The molecule has 0 atom stereocenters. The van der Waals surface area contributed by atoms with Gasteiger partial charge in [-0.05, 0) is 0 Å². The Balaban J connectivity index is 2.53. The lowest BCUT2D eigenvalue weighted by Gasteiger charge is -1.85. The molecule has 0 aromatic rings. The largest absolute Gasteiger partial charge is 0.0881 e. The fourth-order valence-corrected chi connectivity index (χ4v) is 0.854. The van der Waals surface area contributed by atoms with E-state index in [4.69, 9.17) is 0 Å². The Morgan fingerprint density at radius 1 is 1.25 bits per heavy atom. The Hall–Kier alpha value is 0.390. The Bertz CT molecular complexity index is 31.5. The highest BCUT2D eigenvalue weighted by Crippen LogP contribution is 1.67. The molecule has 8 heavy (non-hydrogen) atoms. The molecule has 0 spiro atoms. The minimum absolute atomic E-state index is 1.36. The van der Waals surface area contributed by atoms with Crippen molar-refractivity contribution >= 4 is 43.2 Å². The summed E-state index contributed by atoms with van der Waals surface area (Å²) in [6.07, 6.45) is 1.36. The Morgan fingerprint density at radius 2 is 2.00 bits per heavy atom. The molecule has 0 aromatic heterocycles. The van der Waals surface area contributed by atoms with Crippen LogP contribution in [0.15, 0.2) is 0 Å². The molecule has 0 unspecified atom stereocenters. The summed E-state index contributed by atoms with van der Waals surface area (Å²) in [6.45, 7) is 2.26. The van der Waals surface area contributed by atoms with Gasteiger partial charge in [0.25, 0.3) is 0 Å². The van der Waals surface area contributed by atoms with E-state index in [0.29, 0.717) is 0 Å². The Morgan fingerprint density at radius 3 is 2.50 bits per heavy atom. The lowest BCUT2D eigenvalue weighted by Crippen LogP contribution is -2.22. The molecule has 6 heteroatoms. The predicted octanol–water partition coefficient (Wildman–Crippen LogP) is -3.18. The van der Waals surface area contributed by atoms with E-state index >= 15 is 0 Å². The van der Waals surface area contributed by atoms with Crippen LogP contribution in [0.3, 0.4) is 0 Å². The maximum atomic E-state index is 2.26. The van der Waals surface area contributed by atoms with Crippen LogP contribution in [0.1, 0.15) is 6.92 Å². The van der Waals surface area contributed by atoms with Crippen LogP contribution in [0.2, 0.25) is 6.32 Å². The fraction of sp³-hybridized carbons (Fsp3) is 1.00. The predicted molar refractivity (Wildman–Crippen MR) is 54.8 cm³/mol. The van der Waals surface area contributed by atoms with Gasteiger partial charge in [0.2, 0.25) is 0 Å². The van der Waals surface area contributed by atoms with Gasteiger partial charge in [-0.2, -0.15) is 0 Å². The van der Waals surface area contributed by atoms with E-state index in [1.807, 2.05) is 0 Å². The zero-order valence-corrected chi connectivity index (χ0v) is 6.24. The highest BCUT2D eigenvalue weighted by molar-refractivity contribution is 7.57. The summed E-state index contributed by atoms with van der Waals surface area (Å²) in [7, 11) is 9.38. The molecule has 0 saturated carbocycles. The van der Waals surface area contributed by atoms with Crippen molar-refractivity contribution in [2.24, 2.45) is 0 Å². The third kappa shape index (κ3) is 6.39. The molecule has 0 heterocycles. The molecule has 0 radical (unpaired) electrons. The average molecular weight is 101 g/mol. The molecule has 38 valence electrons. The van der Waals surface area contributed by atoms with E-state index in [0.717, 1.165) is 0 Å². The van der Waals surface area contributed by atoms with Crippen molar-refractivity contribution in [1.29, 1.82) is 0 Å². The molecule has 0 aliphatic carbocycles.